The van der Waals surface area contributed by atoms with Crippen molar-refractivity contribution in [1.29, 1.82) is 0 Å². The molecule has 0 spiro atoms. The van der Waals surface area contributed by atoms with Crippen molar-refractivity contribution in [1.82, 2.24) is 0 Å². The Morgan fingerprint density at radius 1 is 1.29 bits per heavy atom. The molecule has 0 aliphatic carbocycles. The largest absolute Gasteiger partial charge is 0.428 e. The summed E-state index contributed by atoms with van der Waals surface area (Å²) in [7, 11) is -3.80. The van der Waals surface area contributed by atoms with Crippen LogP contribution in [-0.4, -0.2) is 19.3 Å². The Hall–Kier alpha value is -0.780. The topological polar surface area (TPSA) is 87.8 Å². The lowest BCUT2D eigenvalue weighted by molar-refractivity contribution is 0.109. The highest BCUT2D eigenvalue weighted by Crippen LogP contribution is 2.62. The molecule has 1 rings (SSSR count). The fourth-order valence-corrected chi connectivity index (χ4v) is 4.09. The second-order valence-corrected chi connectivity index (χ2v) is 6.74. The Morgan fingerprint density at radius 3 is 2.29 bits per heavy atom. The van der Waals surface area contributed by atoms with Gasteiger partial charge in [0, 0.05) is 15.6 Å². The van der Waals surface area contributed by atoms with Crippen LogP contribution in [0.4, 0.5) is 4.79 Å². The maximum Gasteiger partial charge on any atom is 0.405 e. The molecule has 0 aromatic heterocycles. The number of carbonyl (C=O) groups is 1. The van der Waals surface area contributed by atoms with E-state index < -0.39 is 19.5 Å². The van der Waals surface area contributed by atoms with E-state index in [1.165, 1.54) is 18.2 Å². The summed E-state index contributed by atoms with van der Waals surface area (Å²) in [4.78, 5) is 11.1. The van der Waals surface area contributed by atoms with Crippen LogP contribution in [0.25, 0.3) is 0 Å². The molecular formula is C12H16Cl2NO5P. The standard InChI is InChI=1S/C12H16Cl2NO5P/c1-3-18-21(17,19-4-2)11(20-12(15)16)9-6-5-8(13)7-10(9)14/h5-7,11H,3-4H2,1-2H3,(H2,15,16)/t11-/m1/s1. The first-order valence-electron chi connectivity index (χ1n) is 6.13. The molecule has 118 valence electrons. The average molecular weight is 356 g/mol. The van der Waals surface area contributed by atoms with Gasteiger partial charge in [-0.25, -0.2) is 4.79 Å². The third-order valence-electron chi connectivity index (χ3n) is 2.36. The number of hydrogen-bond donors (Lipinski definition) is 1. The first kappa shape index (κ1) is 18.3. The van der Waals surface area contributed by atoms with E-state index in [1.807, 2.05) is 0 Å². The summed E-state index contributed by atoms with van der Waals surface area (Å²) in [6.07, 6.45) is -1.12. The lowest BCUT2D eigenvalue weighted by atomic mass is 10.2. The van der Waals surface area contributed by atoms with Gasteiger partial charge >= 0.3 is 13.7 Å². The van der Waals surface area contributed by atoms with Gasteiger partial charge in [-0.15, -0.1) is 0 Å². The number of carbonyl (C=O) groups excluding carboxylic acids is 1. The monoisotopic (exact) mass is 355 g/mol. The van der Waals surface area contributed by atoms with Crippen LogP contribution in [-0.2, 0) is 18.3 Å². The van der Waals surface area contributed by atoms with Crippen LogP contribution in [0.1, 0.15) is 25.3 Å². The van der Waals surface area contributed by atoms with Gasteiger partial charge in [0.15, 0.2) is 0 Å². The summed E-state index contributed by atoms with van der Waals surface area (Å²) < 4.78 is 28.1. The van der Waals surface area contributed by atoms with E-state index in [4.69, 9.17) is 42.7 Å². The van der Waals surface area contributed by atoms with Gasteiger partial charge in [-0.05, 0) is 26.0 Å². The van der Waals surface area contributed by atoms with Crippen molar-refractivity contribution in [2.45, 2.75) is 19.7 Å². The molecule has 1 aromatic rings. The van der Waals surface area contributed by atoms with Crippen LogP contribution >= 0.6 is 30.8 Å². The average Bonchev–Trinajstić information content (AvgIpc) is 2.37. The second-order valence-electron chi connectivity index (χ2n) is 3.83. The van der Waals surface area contributed by atoms with Crippen molar-refractivity contribution < 1.29 is 23.1 Å². The fraction of sp³-hybridized carbons (Fsp3) is 0.417. The lowest BCUT2D eigenvalue weighted by Crippen LogP contribution is -2.19. The number of nitrogens with two attached hydrogens (primary N) is 1. The number of amides is 1. The molecule has 0 bridgehead atoms. The van der Waals surface area contributed by atoms with Gasteiger partial charge in [0.1, 0.15) is 0 Å². The summed E-state index contributed by atoms with van der Waals surface area (Å²) in [6, 6.07) is 4.42. The van der Waals surface area contributed by atoms with E-state index in [2.05, 4.69) is 0 Å². The quantitative estimate of drug-likeness (QED) is 0.734. The number of ether oxygens (including phenoxy) is 1. The maximum absolute atomic E-state index is 12.8. The first-order valence-corrected chi connectivity index (χ1v) is 8.50. The van der Waals surface area contributed by atoms with Gasteiger partial charge < -0.3 is 19.5 Å². The Kier molecular flexibility index (Phi) is 6.97. The van der Waals surface area contributed by atoms with Crippen molar-refractivity contribution in [2.24, 2.45) is 5.73 Å². The van der Waals surface area contributed by atoms with Crippen LogP contribution in [0, 0.1) is 0 Å². The molecule has 0 saturated heterocycles. The number of rotatable bonds is 7. The van der Waals surface area contributed by atoms with Crippen molar-refractivity contribution >= 4 is 36.9 Å². The highest BCUT2D eigenvalue weighted by atomic mass is 35.5. The molecule has 6 nitrogen and oxygen atoms in total. The SMILES string of the molecule is CCOP(=O)(OCC)[C@@H](OC(N)=O)c1ccc(Cl)cc1Cl. The van der Waals surface area contributed by atoms with Gasteiger partial charge in [-0.1, -0.05) is 29.3 Å². The molecule has 1 aromatic carbocycles. The Morgan fingerprint density at radius 2 is 1.86 bits per heavy atom. The zero-order chi connectivity index (χ0) is 16.0. The summed E-state index contributed by atoms with van der Waals surface area (Å²) in [5.74, 6) is -1.36. The zero-order valence-corrected chi connectivity index (χ0v) is 14.0. The maximum atomic E-state index is 12.8. The van der Waals surface area contributed by atoms with Crippen LogP contribution in [0.15, 0.2) is 18.2 Å². The molecule has 0 radical (unpaired) electrons. The number of hydrogen-bond acceptors (Lipinski definition) is 5. The van der Waals surface area contributed by atoms with Gasteiger partial charge in [-0.3, -0.25) is 4.57 Å². The molecule has 0 heterocycles. The van der Waals surface area contributed by atoms with Crippen molar-refractivity contribution in [3.8, 4) is 0 Å². The van der Waals surface area contributed by atoms with Gasteiger partial charge in [0.2, 0.25) is 5.85 Å². The summed E-state index contributed by atoms with van der Waals surface area (Å²) in [6.45, 7) is 3.47. The smallest absolute Gasteiger partial charge is 0.405 e. The van der Waals surface area contributed by atoms with Gasteiger partial charge in [0.05, 0.1) is 13.2 Å². The normalized spacial score (nSPS) is 13.0. The Labute approximate surface area is 133 Å². The number of halogens is 2. The zero-order valence-electron chi connectivity index (χ0n) is 11.5. The number of primary amides is 1. The molecule has 1 amide bonds. The molecular weight excluding hydrogens is 340 g/mol. The molecule has 0 aliphatic heterocycles. The highest BCUT2D eigenvalue weighted by molar-refractivity contribution is 7.54. The molecule has 2 N–H and O–H groups in total. The van der Waals surface area contributed by atoms with E-state index in [0.717, 1.165) is 0 Å². The molecule has 0 unspecified atom stereocenters. The lowest BCUT2D eigenvalue weighted by Gasteiger charge is -2.26. The molecule has 21 heavy (non-hydrogen) atoms. The minimum absolute atomic E-state index is 0.0983. The van der Waals surface area contributed by atoms with Crippen molar-refractivity contribution in [2.75, 3.05) is 13.2 Å². The Balaban J connectivity index is 3.32. The summed E-state index contributed by atoms with van der Waals surface area (Å²) >= 11 is 11.9. The van der Waals surface area contributed by atoms with Crippen LogP contribution < -0.4 is 5.73 Å². The van der Waals surface area contributed by atoms with Crippen molar-refractivity contribution in [3.63, 3.8) is 0 Å². The third kappa shape index (κ3) is 4.87. The summed E-state index contributed by atoms with van der Waals surface area (Å²) in [5.41, 5.74) is 5.28. The molecule has 0 aliphatic rings. The minimum Gasteiger partial charge on any atom is -0.428 e. The molecule has 0 fully saturated rings. The minimum atomic E-state index is -3.80. The molecule has 0 saturated carbocycles. The predicted molar refractivity (Wildman–Crippen MR) is 80.7 cm³/mol. The van der Waals surface area contributed by atoms with E-state index in [0.29, 0.717) is 5.02 Å². The third-order valence-corrected chi connectivity index (χ3v) is 5.12. The predicted octanol–water partition coefficient (Wildman–Crippen LogP) is 4.35. The molecule has 1 atom stereocenters. The van der Waals surface area contributed by atoms with E-state index in [1.54, 1.807) is 13.8 Å². The fourth-order valence-electron chi connectivity index (χ4n) is 1.64. The second kappa shape index (κ2) is 8.01. The van der Waals surface area contributed by atoms with Gasteiger partial charge in [0.25, 0.3) is 0 Å². The first-order chi connectivity index (χ1) is 9.84. The van der Waals surface area contributed by atoms with E-state index >= 15 is 0 Å². The van der Waals surface area contributed by atoms with Crippen molar-refractivity contribution in [3.05, 3.63) is 33.8 Å². The van der Waals surface area contributed by atoms with Crippen LogP contribution in [0.3, 0.4) is 0 Å². The number of benzene rings is 1. The van der Waals surface area contributed by atoms with E-state index in [-0.39, 0.29) is 23.8 Å². The van der Waals surface area contributed by atoms with Gasteiger partial charge in [-0.2, -0.15) is 0 Å². The van der Waals surface area contributed by atoms with Crippen LogP contribution in [0.5, 0.6) is 0 Å². The summed E-state index contributed by atoms with van der Waals surface area (Å²) in [5, 5.41) is 0.539. The highest BCUT2D eigenvalue weighted by Gasteiger charge is 2.41. The Bertz CT molecular complexity index is 544. The molecule has 9 heteroatoms. The van der Waals surface area contributed by atoms with Crippen LogP contribution in [0.2, 0.25) is 10.0 Å². The van der Waals surface area contributed by atoms with E-state index in [9.17, 15) is 9.36 Å².